The van der Waals surface area contributed by atoms with E-state index in [4.69, 9.17) is 4.99 Å². The van der Waals surface area contributed by atoms with Crippen molar-refractivity contribution in [1.29, 1.82) is 0 Å². The van der Waals surface area contributed by atoms with Crippen LogP contribution in [0.1, 0.15) is 38.2 Å². The smallest absolute Gasteiger partial charge is 0.230 e. The molecule has 25 heavy (non-hydrogen) atoms. The van der Waals surface area contributed by atoms with Crippen molar-refractivity contribution in [2.24, 2.45) is 10.4 Å². The number of carbonyl (C=O) groups excluding carboxylic acids is 1. The fourth-order valence-corrected chi connectivity index (χ4v) is 3.51. The predicted octanol–water partition coefficient (Wildman–Crippen LogP) is 2.43. The quantitative estimate of drug-likeness (QED) is 0.590. The molecule has 138 valence electrons. The highest BCUT2D eigenvalue weighted by Gasteiger charge is 2.41. The highest BCUT2D eigenvalue weighted by atomic mass is 16.2. The van der Waals surface area contributed by atoms with Crippen molar-refractivity contribution >= 4 is 11.9 Å². The molecule has 0 saturated heterocycles. The van der Waals surface area contributed by atoms with Crippen LogP contribution in [0.5, 0.6) is 0 Å². The van der Waals surface area contributed by atoms with Crippen LogP contribution in [0.2, 0.25) is 0 Å². The summed E-state index contributed by atoms with van der Waals surface area (Å²) in [5.41, 5.74) is 0.992. The molecular weight excluding hydrogens is 312 g/mol. The lowest BCUT2D eigenvalue weighted by Crippen LogP contribution is -2.43. The molecule has 1 aromatic carbocycles. The second-order valence-electron chi connectivity index (χ2n) is 7.04. The van der Waals surface area contributed by atoms with Crippen LogP contribution in [0.15, 0.2) is 35.3 Å². The Morgan fingerprint density at radius 3 is 2.44 bits per heavy atom. The molecule has 0 aromatic heterocycles. The fourth-order valence-electron chi connectivity index (χ4n) is 3.51. The highest BCUT2D eigenvalue weighted by molar-refractivity contribution is 5.84. The van der Waals surface area contributed by atoms with E-state index in [0.717, 1.165) is 51.2 Å². The summed E-state index contributed by atoms with van der Waals surface area (Å²) < 4.78 is 0. The molecule has 0 radical (unpaired) electrons. The van der Waals surface area contributed by atoms with Gasteiger partial charge in [0, 0.05) is 27.2 Å². The monoisotopic (exact) mass is 344 g/mol. The molecular formula is C20H32N4O. The number of amides is 1. The summed E-state index contributed by atoms with van der Waals surface area (Å²) in [5.74, 6) is 1.02. The molecule has 1 amide bonds. The molecule has 5 nitrogen and oxygen atoms in total. The molecule has 1 saturated carbocycles. The lowest BCUT2D eigenvalue weighted by atomic mass is 9.85. The van der Waals surface area contributed by atoms with Crippen LogP contribution in [0, 0.1) is 5.41 Å². The Balaban J connectivity index is 1.96. The standard InChI is InChI=1S/C20H32N4O/c1-4-21-19(22-15-12-17-10-6-5-7-11-17)23-16-20(13-8-9-14-20)18(25)24(2)3/h5-7,10-11H,4,8-9,12-16H2,1-3H3,(H2,21,22,23). The Morgan fingerprint density at radius 2 is 1.84 bits per heavy atom. The Labute approximate surface area is 151 Å². The van der Waals surface area contributed by atoms with E-state index in [1.165, 1.54) is 5.56 Å². The molecule has 1 fully saturated rings. The maximum atomic E-state index is 12.7. The first-order chi connectivity index (χ1) is 12.1. The first-order valence-electron chi connectivity index (χ1n) is 9.35. The summed E-state index contributed by atoms with van der Waals surface area (Å²) in [6, 6.07) is 10.4. The minimum Gasteiger partial charge on any atom is -0.357 e. The van der Waals surface area contributed by atoms with Crippen LogP contribution in [-0.4, -0.2) is 50.5 Å². The second kappa shape index (κ2) is 9.44. The summed E-state index contributed by atoms with van der Waals surface area (Å²) in [6.45, 7) is 4.26. The normalized spacial score (nSPS) is 16.5. The Kier molecular flexibility index (Phi) is 7.29. The fraction of sp³-hybridized carbons (Fsp3) is 0.600. The van der Waals surface area contributed by atoms with E-state index < -0.39 is 0 Å². The predicted molar refractivity (Wildman–Crippen MR) is 104 cm³/mol. The van der Waals surface area contributed by atoms with Crippen LogP contribution in [-0.2, 0) is 11.2 Å². The van der Waals surface area contributed by atoms with Gasteiger partial charge in [0.05, 0.1) is 12.0 Å². The summed E-state index contributed by atoms with van der Waals surface area (Å²) in [5, 5.41) is 6.68. The maximum absolute atomic E-state index is 12.7. The molecule has 2 N–H and O–H groups in total. The number of rotatable bonds is 7. The lowest BCUT2D eigenvalue weighted by Gasteiger charge is -2.29. The van der Waals surface area contributed by atoms with Crippen molar-refractivity contribution < 1.29 is 4.79 Å². The average molecular weight is 345 g/mol. The maximum Gasteiger partial charge on any atom is 0.230 e. The van der Waals surface area contributed by atoms with Crippen molar-refractivity contribution in [3.63, 3.8) is 0 Å². The number of nitrogens with one attached hydrogen (secondary N) is 2. The Morgan fingerprint density at radius 1 is 1.16 bits per heavy atom. The minimum atomic E-state index is -0.314. The van der Waals surface area contributed by atoms with Crippen LogP contribution in [0.4, 0.5) is 0 Å². The van der Waals surface area contributed by atoms with E-state index in [1.54, 1.807) is 4.90 Å². The first kappa shape index (κ1) is 19.3. The Bertz CT molecular complexity index is 562. The van der Waals surface area contributed by atoms with Crippen molar-refractivity contribution in [3.8, 4) is 0 Å². The lowest BCUT2D eigenvalue weighted by molar-refractivity contribution is -0.138. The van der Waals surface area contributed by atoms with Crippen molar-refractivity contribution in [2.45, 2.75) is 39.0 Å². The number of carbonyl (C=O) groups is 1. The molecule has 1 aliphatic carbocycles. The van der Waals surface area contributed by atoms with E-state index in [9.17, 15) is 4.79 Å². The SMILES string of the molecule is CCNC(=NCC1(C(=O)N(C)C)CCCC1)NCCc1ccccc1. The van der Waals surface area contributed by atoms with Gasteiger partial charge in [0.25, 0.3) is 0 Å². The molecule has 0 unspecified atom stereocenters. The van der Waals surface area contributed by atoms with Gasteiger partial charge in [-0.15, -0.1) is 0 Å². The summed E-state index contributed by atoms with van der Waals surface area (Å²) in [6.07, 6.45) is 5.07. The van der Waals surface area contributed by atoms with Gasteiger partial charge < -0.3 is 15.5 Å². The topological polar surface area (TPSA) is 56.7 Å². The summed E-state index contributed by atoms with van der Waals surface area (Å²) in [4.78, 5) is 19.1. The molecule has 5 heteroatoms. The molecule has 0 atom stereocenters. The van der Waals surface area contributed by atoms with Gasteiger partial charge in [0.2, 0.25) is 5.91 Å². The molecule has 1 aromatic rings. The van der Waals surface area contributed by atoms with Crippen LogP contribution >= 0.6 is 0 Å². The van der Waals surface area contributed by atoms with Crippen LogP contribution < -0.4 is 10.6 Å². The first-order valence-corrected chi connectivity index (χ1v) is 9.35. The number of aliphatic imine (C=N–C) groups is 1. The van der Waals surface area contributed by atoms with Gasteiger partial charge in [-0.1, -0.05) is 43.2 Å². The number of hydrogen-bond donors (Lipinski definition) is 2. The zero-order valence-corrected chi connectivity index (χ0v) is 15.8. The molecule has 1 aliphatic rings. The van der Waals surface area contributed by atoms with Gasteiger partial charge >= 0.3 is 0 Å². The van der Waals surface area contributed by atoms with Crippen molar-refractivity contribution in [1.82, 2.24) is 15.5 Å². The van der Waals surface area contributed by atoms with Crippen molar-refractivity contribution in [3.05, 3.63) is 35.9 Å². The second-order valence-corrected chi connectivity index (χ2v) is 7.04. The van der Waals surface area contributed by atoms with Gasteiger partial charge in [0.1, 0.15) is 0 Å². The largest absolute Gasteiger partial charge is 0.357 e. The Hall–Kier alpha value is -2.04. The summed E-state index contributed by atoms with van der Waals surface area (Å²) >= 11 is 0. The van der Waals surface area contributed by atoms with Crippen LogP contribution in [0.3, 0.4) is 0 Å². The third kappa shape index (κ3) is 5.48. The molecule has 0 heterocycles. The average Bonchev–Trinajstić information content (AvgIpc) is 3.10. The molecule has 2 rings (SSSR count). The zero-order chi connectivity index (χ0) is 18.1. The van der Waals surface area contributed by atoms with Gasteiger partial charge in [-0.2, -0.15) is 0 Å². The van der Waals surface area contributed by atoms with E-state index in [-0.39, 0.29) is 11.3 Å². The van der Waals surface area contributed by atoms with E-state index >= 15 is 0 Å². The minimum absolute atomic E-state index is 0.217. The summed E-state index contributed by atoms with van der Waals surface area (Å²) in [7, 11) is 3.69. The number of guanidine groups is 1. The van der Waals surface area contributed by atoms with E-state index in [1.807, 2.05) is 20.2 Å². The molecule has 0 spiro atoms. The van der Waals surface area contributed by atoms with E-state index in [0.29, 0.717) is 6.54 Å². The zero-order valence-electron chi connectivity index (χ0n) is 15.8. The van der Waals surface area contributed by atoms with Crippen molar-refractivity contribution in [2.75, 3.05) is 33.7 Å². The van der Waals surface area contributed by atoms with Gasteiger partial charge in [-0.25, -0.2) is 0 Å². The molecule has 0 bridgehead atoms. The highest BCUT2D eigenvalue weighted by Crippen LogP contribution is 2.39. The van der Waals surface area contributed by atoms with Gasteiger partial charge in [0.15, 0.2) is 5.96 Å². The third-order valence-electron chi connectivity index (χ3n) is 4.85. The van der Waals surface area contributed by atoms with E-state index in [2.05, 4.69) is 41.8 Å². The number of benzene rings is 1. The van der Waals surface area contributed by atoms with Gasteiger partial charge in [-0.05, 0) is 31.7 Å². The molecule has 0 aliphatic heterocycles. The van der Waals surface area contributed by atoms with Gasteiger partial charge in [-0.3, -0.25) is 9.79 Å². The number of hydrogen-bond acceptors (Lipinski definition) is 2. The third-order valence-corrected chi connectivity index (χ3v) is 4.85. The van der Waals surface area contributed by atoms with Crippen LogP contribution in [0.25, 0.3) is 0 Å². The number of nitrogens with zero attached hydrogens (tertiary/aromatic N) is 2.